The Morgan fingerprint density at radius 2 is 2.56 bits per heavy atom. The minimum atomic E-state index is -0.954. The first-order chi connectivity index (χ1) is 7.55. The summed E-state index contributed by atoms with van der Waals surface area (Å²) in [5.74, 6) is -0.876. The summed E-state index contributed by atoms with van der Waals surface area (Å²) < 4.78 is 1.89. The molecular weight excluding hydrogens is 224 g/mol. The number of carboxylic acids is 1. The Morgan fingerprint density at radius 3 is 3.12 bits per heavy atom. The van der Waals surface area contributed by atoms with Crippen molar-refractivity contribution in [2.75, 3.05) is 0 Å². The highest BCUT2D eigenvalue weighted by atomic mass is 32.1. The highest BCUT2D eigenvalue weighted by Gasteiger charge is 2.30. The Morgan fingerprint density at radius 1 is 1.81 bits per heavy atom. The van der Waals surface area contributed by atoms with Gasteiger partial charge in [0.25, 0.3) is 0 Å². The third-order valence-corrected chi connectivity index (χ3v) is 3.40. The first-order valence-electron chi connectivity index (χ1n) is 4.83. The average molecular weight is 236 g/mol. The van der Waals surface area contributed by atoms with Crippen LogP contribution in [-0.4, -0.2) is 20.5 Å². The summed E-state index contributed by atoms with van der Waals surface area (Å²) in [7, 11) is 0. The lowest BCUT2D eigenvalue weighted by Gasteiger charge is -2.18. The van der Waals surface area contributed by atoms with Crippen LogP contribution in [0.3, 0.4) is 0 Å². The Labute approximate surface area is 96.9 Å². The van der Waals surface area contributed by atoms with E-state index in [0.717, 1.165) is 10.7 Å². The molecule has 84 valence electrons. The van der Waals surface area contributed by atoms with Crippen molar-refractivity contribution in [2.45, 2.75) is 13.3 Å². The number of carbonyl (C=O) groups is 1. The van der Waals surface area contributed by atoms with Crippen molar-refractivity contribution in [1.29, 1.82) is 0 Å². The lowest BCUT2D eigenvalue weighted by molar-refractivity contribution is -0.145. The van der Waals surface area contributed by atoms with E-state index in [4.69, 9.17) is 5.11 Å². The molecule has 0 aliphatic heterocycles. The molecule has 16 heavy (non-hydrogen) atoms. The fourth-order valence-corrected chi connectivity index (χ4v) is 2.19. The minimum Gasteiger partial charge on any atom is -0.481 e. The molecule has 0 saturated carbocycles. The number of imidazole rings is 1. The second-order valence-electron chi connectivity index (χ2n) is 3.93. The van der Waals surface area contributed by atoms with Gasteiger partial charge in [-0.3, -0.25) is 9.20 Å². The monoisotopic (exact) mass is 236 g/mol. The summed E-state index contributed by atoms with van der Waals surface area (Å²) in [5.41, 5.74) is -0.180. The Kier molecular flexibility index (Phi) is 2.55. The van der Waals surface area contributed by atoms with Gasteiger partial charge in [0.1, 0.15) is 0 Å². The van der Waals surface area contributed by atoms with E-state index in [1.165, 1.54) is 17.4 Å². The van der Waals surface area contributed by atoms with Crippen LogP contribution in [0.2, 0.25) is 0 Å². The number of carboxylic acid groups (broad SMARTS) is 1. The second-order valence-corrected chi connectivity index (χ2v) is 4.80. The number of thiazole rings is 1. The van der Waals surface area contributed by atoms with Gasteiger partial charge in [-0.05, 0) is 6.92 Å². The van der Waals surface area contributed by atoms with Crippen molar-refractivity contribution in [3.8, 4) is 0 Å². The minimum absolute atomic E-state index is 0.361. The van der Waals surface area contributed by atoms with E-state index in [1.807, 2.05) is 22.2 Å². The molecule has 1 unspecified atom stereocenters. The second kappa shape index (κ2) is 3.75. The van der Waals surface area contributed by atoms with Crippen LogP contribution in [0.25, 0.3) is 4.96 Å². The van der Waals surface area contributed by atoms with E-state index in [2.05, 4.69) is 11.6 Å². The van der Waals surface area contributed by atoms with Crippen LogP contribution in [-0.2, 0) is 11.2 Å². The number of aromatic nitrogens is 2. The summed E-state index contributed by atoms with van der Waals surface area (Å²) in [6.07, 6.45) is 5.59. The zero-order valence-corrected chi connectivity index (χ0v) is 9.70. The van der Waals surface area contributed by atoms with Crippen LogP contribution in [0.5, 0.6) is 0 Å². The highest BCUT2D eigenvalue weighted by molar-refractivity contribution is 7.15. The first kappa shape index (κ1) is 10.9. The number of fused-ring (bicyclic) bond motifs is 1. The van der Waals surface area contributed by atoms with Crippen LogP contribution in [0, 0.1) is 5.41 Å². The normalized spacial score (nSPS) is 14.8. The number of hydrogen-bond acceptors (Lipinski definition) is 3. The molecule has 5 heteroatoms. The molecule has 0 aliphatic carbocycles. The van der Waals surface area contributed by atoms with Gasteiger partial charge in [-0.25, -0.2) is 4.98 Å². The van der Waals surface area contributed by atoms with Crippen molar-refractivity contribution in [1.82, 2.24) is 9.38 Å². The van der Waals surface area contributed by atoms with Gasteiger partial charge in [0, 0.05) is 24.2 Å². The molecule has 0 aliphatic rings. The molecule has 1 atom stereocenters. The maximum atomic E-state index is 11.1. The van der Waals surface area contributed by atoms with Gasteiger partial charge in [-0.15, -0.1) is 17.9 Å². The van der Waals surface area contributed by atoms with E-state index >= 15 is 0 Å². The molecule has 0 bridgehead atoms. The van der Waals surface area contributed by atoms with Crippen molar-refractivity contribution >= 4 is 22.3 Å². The number of hydrogen-bond donors (Lipinski definition) is 1. The van der Waals surface area contributed by atoms with Crippen LogP contribution >= 0.6 is 11.3 Å². The summed E-state index contributed by atoms with van der Waals surface area (Å²) in [6, 6.07) is 0. The van der Waals surface area contributed by atoms with Gasteiger partial charge in [0.15, 0.2) is 4.96 Å². The van der Waals surface area contributed by atoms with Gasteiger partial charge >= 0.3 is 5.97 Å². The molecule has 0 amide bonds. The third-order valence-electron chi connectivity index (χ3n) is 2.63. The SMILES string of the molecule is C=CC(C)(Cc1cn2ccsc2n1)C(=O)O. The van der Waals surface area contributed by atoms with Gasteiger partial charge < -0.3 is 5.11 Å². The Hall–Kier alpha value is -1.62. The first-order valence-corrected chi connectivity index (χ1v) is 5.71. The number of nitrogens with zero attached hydrogens (tertiary/aromatic N) is 2. The molecule has 1 N–H and O–H groups in total. The molecule has 2 aromatic rings. The van der Waals surface area contributed by atoms with Gasteiger partial charge in [0.05, 0.1) is 11.1 Å². The molecule has 0 fully saturated rings. The maximum Gasteiger partial charge on any atom is 0.313 e. The summed E-state index contributed by atoms with van der Waals surface area (Å²) >= 11 is 1.53. The molecular formula is C11H12N2O2S. The highest BCUT2D eigenvalue weighted by Crippen LogP contribution is 2.24. The maximum absolute atomic E-state index is 11.1. The lowest BCUT2D eigenvalue weighted by atomic mass is 9.86. The standard InChI is InChI=1S/C11H12N2O2S/c1-3-11(2,9(14)15)6-8-7-13-4-5-16-10(13)12-8/h3-5,7H,1,6H2,2H3,(H,14,15). The fraction of sp³-hybridized carbons (Fsp3) is 0.273. The molecule has 0 radical (unpaired) electrons. The molecule has 2 rings (SSSR count). The predicted molar refractivity (Wildman–Crippen MR) is 62.7 cm³/mol. The van der Waals surface area contributed by atoms with Crippen LogP contribution < -0.4 is 0 Å². The van der Waals surface area contributed by atoms with E-state index in [9.17, 15) is 4.79 Å². The van der Waals surface area contributed by atoms with Crippen molar-refractivity contribution in [2.24, 2.45) is 5.41 Å². The van der Waals surface area contributed by atoms with E-state index in [0.29, 0.717) is 6.42 Å². The molecule has 2 aromatic heterocycles. The molecule has 0 saturated heterocycles. The van der Waals surface area contributed by atoms with Gasteiger partial charge in [0.2, 0.25) is 0 Å². The molecule has 4 nitrogen and oxygen atoms in total. The van der Waals surface area contributed by atoms with E-state index in [-0.39, 0.29) is 0 Å². The lowest BCUT2D eigenvalue weighted by Crippen LogP contribution is -2.27. The zero-order valence-electron chi connectivity index (χ0n) is 8.88. The zero-order chi connectivity index (χ0) is 11.8. The van der Waals surface area contributed by atoms with Crippen LogP contribution in [0.4, 0.5) is 0 Å². The largest absolute Gasteiger partial charge is 0.481 e. The fourth-order valence-electron chi connectivity index (χ4n) is 1.47. The van der Waals surface area contributed by atoms with Crippen LogP contribution in [0.1, 0.15) is 12.6 Å². The number of aliphatic carboxylic acids is 1. The smallest absolute Gasteiger partial charge is 0.313 e. The van der Waals surface area contributed by atoms with Gasteiger partial charge in [-0.1, -0.05) is 6.08 Å². The summed E-state index contributed by atoms with van der Waals surface area (Å²) in [6.45, 7) is 5.23. The van der Waals surface area contributed by atoms with Crippen molar-refractivity contribution in [3.05, 3.63) is 36.1 Å². The van der Waals surface area contributed by atoms with Crippen LogP contribution in [0.15, 0.2) is 30.4 Å². The third kappa shape index (κ3) is 1.74. The van der Waals surface area contributed by atoms with E-state index < -0.39 is 11.4 Å². The van der Waals surface area contributed by atoms with Crippen molar-refractivity contribution < 1.29 is 9.90 Å². The molecule has 0 spiro atoms. The quantitative estimate of drug-likeness (QED) is 0.828. The predicted octanol–water partition coefficient (Wildman–Crippen LogP) is 2.22. The van der Waals surface area contributed by atoms with E-state index in [1.54, 1.807) is 6.92 Å². The molecule has 2 heterocycles. The average Bonchev–Trinajstić information content (AvgIpc) is 2.77. The van der Waals surface area contributed by atoms with Gasteiger partial charge in [-0.2, -0.15) is 0 Å². The van der Waals surface area contributed by atoms with Crippen molar-refractivity contribution in [3.63, 3.8) is 0 Å². The number of rotatable bonds is 4. The summed E-state index contributed by atoms with van der Waals surface area (Å²) in [5, 5.41) is 11.1. The topological polar surface area (TPSA) is 54.6 Å². The Balaban J connectivity index is 2.30. The Bertz CT molecular complexity index is 514. The summed E-state index contributed by atoms with van der Waals surface area (Å²) in [4.78, 5) is 16.3. The molecule has 0 aromatic carbocycles.